The molecule has 0 aliphatic carbocycles. The molecule has 7 nitrogen and oxygen atoms in total. The first-order chi connectivity index (χ1) is 19.2. The van der Waals surface area contributed by atoms with Crippen LogP contribution in [0, 0.1) is 25.6 Å². The molecule has 1 atom stereocenters. The van der Waals surface area contributed by atoms with E-state index >= 15 is 0 Å². The van der Waals surface area contributed by atoms with Gasteiger partial charge in [0, 0.05) is 46.7 Å². The van der Waals surface area contributed by atoms with Gasteiger partial charge in [-0.05, 0) is 49.6 Å². The summed E-state index contributed by atoms with van der Waals surface area (Å²) in [6, 6.07) is 16.6. The molecule has 1 saturated heterocycles. The third-order valence-corrected chi connectivity index (χ3v) is 7.67. The molecule has 0 bridgehead atoms. The number of rotatable bonds is 6. The SMILES string of the molecule is C=C1CN(C(=O)c2ccn3c(C)c(-c4ccccc4-c4ccc(C)cc4F)nc3c2)CCN1/N=C(/N)C(C)CC. The molecule has 1 aliphatic heterocycles. The van der Waals surface area contributed by atoms with E-state index in [9.17, 15) is 9.18 Å². The number of pyridine rings is 1. The maximum Gasteiger partial charge on any atom is 0.254 e. The Bertz CT molecular complexity index is 1640. The average molecular weight is 539 g/mol. The van der Waals surface area contributed by atoms with Crippen LogP contribution in [0.3, 0.4) is 0 Å². The number of nitrogens with zero attached hydrogens (tertiary/aromatic N) is 5. The van der Waals surface area contributed by atoms with Gasteiger partial charge in [-0.25, -0.2) is 9.37 Å². The van der Waals surface area contributed by atoms with E-state index in [0.29, 0.717) is 42.2 Å². The van der Waals surface area contributed by atoms with Crippen molar-refractivity contribution in [2.45, 2.75) is 34.1 Å². The van der Waals surface area contributed by atoms with Crippen molar-refractivity contribution in [3.63, 3.8) is 0 Å². The summed E-state index contributed by atoms with van der Waals surface area (Å²) in [5.41, 5.74) is 12.7. The van der Waals surface area contributed by atoms with Crippen LogP contribution in [-0.2, 0) is 0 Å². The standard InChI is InChI=1S/C32H35FN6O/c1-6-21(3)31(34)36-39-16-15-37(19-22(39)4)32(40)24-13-14-38-23(5)30(35-29(38)18-24)27-10-8-7-9-25(27)26-12-11-20(2)17-28(26)33/h7-14,17-18,21H,4,6,15-16,19H2,1-3,5H3,(H2,34,36). The highest BCUT2D eigenvalue weighted by Crippen LogP contribution is 2.35. The van der Waals surface area contributed by atoms with E-state index in [1.165, 1.54) is 0 Å². The van der Waals surface area contributed by atoms with Gasteiger partial charge in [0.05, 0.1) is 18.8 Å². The lowest BCUT2D eigenvalue weighted by molar-refractivity contribution is 0.0701. The number of hydrogen-bond donors (Lipinski definition) is 1. The largest absolute Gasteiger partial charge is 0.385 e. The van der Waals surface area contributed by atoms with E-state index in [-0.39, 0.29) is 17.6 Å². The number of nitrogens with two attached hydrogens (primary N) is 1. The Kier molecular flexibility index (Phi) is 7.43. The van der Waals surface area contributed by atoms with Gasteiger partial charge in [-0.2, -0.15) is 5.10 Å². The molecule has 8 heteroatoms. The Morgan fingerprint density at radius 2 is 1.85 bits per heavy atom. The van der Waals surface area contributed by atoms with Gasteiger partial charge in [-0.15, -0.1) is 0 Å². The molecule has 3 heterocycles. The molecular formula is C32H35FN6O. The molecule has 1 aliphatic rings. The molecule has 0 saturated carbocycles. The molecule has 1 amide bonds. The number of fused-ring (bicyclic) bond motifs is 1. The van der Waals surface area contributed by atoms with E-state index < -0.39 is 0 Å². The van der Waals surface area contributed by atoms with Gasteiger partial charge in [0.25, 0.3) is 5.91 Å². The Hall–Kier alpha value is -4.46. The van der Waals surface area contributed by atoms with E-state index in [1.807, 2.05) is 79.9 Å². The Balaban J connectivity index is 1.42. The van der Waals surface area contributed by atoms with Crippen LogP contribution in [-0.4, -0.2) is 50.7 Å². The molecule has 1 fully saturated rings. The summed E-state index contributed by atoms with van der Waals surface area (Å²) in [4.78, 5) is 20.1. The molecule has 206 valence electrons. The van der Waals surface area contributed by atoms with E-state index in [1.54, 1.807) is 16.0 Å². The number of benzene rings is 2. The maximum atomic E-state index is 14.9. The summed E-state index contributed by atoms with van der Waals surface area (Å²) in [6.07, 6.45) is 2.78. The van der Waals surface area contributed by atoms with Crippen LogP contribution in [0.25, 0.3) is 28.0 Å². The van der Waals surface area contributed by atoms with Crippen molar-refractivity contribution < 1.29 is 9.18 Å². The number of hydrazone groups is 1. The normalized spacial score (nSPS) is 15.1. The number of amides is 1. The first-order valence-electron chi connectivity index (χ1n) is 13.6. The molecule has 5 rings (SSSR count). The van der Waals surface area contributed by atoms with Crippen molar-refractivity contribution in [2.75, 3.05) is 19.6 Å². The van der Waals surface area contributed by atoms with Crippen molar-refractivity contribution in [2.24, 2.45) is 16.8 Å². The summed E-state index contributed by atoms with van der Waals surface area (Å²) in [5.74, 6) is 0.402. The number of aryl methyl sites for hydroxylation is 2. The van der Waals surface area contributed by atoms with Crippen molar-refractivity contribution >= 4 is 17.4 Å². The van der Waals surface area contributed by atoms with Gasteiger partial charge < -0.3 is 15.0 Å². The Morgan fingerprint density at radius 3 is 2.55 bits per heavy atom. The van der Waals surface area contributed by atoms with Gasteiger partial charge in [0.1, 0.15) is 17.3 Å². The average Bonchev–Trinajstić information content (AvgIpc) is 3.28. The number of hydrogen-bond acceptors (Lipinski definition) is 4. The predicted octanol–water partition coefficient (Wildman–Crippen LogP) is 6.01. The zero-order valence-corrected chi connectivity index (χ0v) is 23.5. The fourth-order valence-electron chi connectivity index (χ4n) is 5.00. The Morgan fingerprint density at radius 1 is 1.10 bits per heavy atom. The lowest BCUT2D eigenvalue weighted by atomic mass is 9.96. The monoisotopic (exact) mass is 538 g/mol. The second kappa shape index (κ2) is 11.0. The number of aromatic nitrogens is 2. The smallest absolute Gasteiger partial charge is 0.254 e. The summed E-state index contributed by atoms with van der Waals surface area (Å²) in [5, 5.41) is 6.33. The lowest BCUT2D eigenvalue weighted by Crippen LogP contribution is -2.46. The quantitative estimate of drug-likeness (QED) is 0.241. The second-order valence-corrected chi connectivity index (χ2v) is 10.5. The summed E-state index contributed by atoms with van der Waals surface area (Å²) >= 11 is 0. The van der Waals surface area contributed by atoms with Crippen LogP contribution in [0.1, 0.15) is 41.9 Å². The minimum atomic E-state index is -0.267. The second-order valence-electron chi connectivity index (χ2n) is 10.5. The number of carbonyl (C=O) groups excluding carboxylic acids is 1. The minimum absolute atomic E-state index is 0.0912. The number of piperazine rings is 1. The molecule has 40 heavy (non-hydrogen) atoms. The fourth-order valence-corrected chi connectivity index (χ4v) is 5.00. The highest BCUT2D eigenvalue weighted by atomic mass is 19.1. The zero-order valence-electron chi connectivity index (χ0n) is 23.5. The minimum Gasteiger partial charge on any atom is -0.385 e. The lowest BCUT2D eigenvalue weighted by Gasteiger charge is -2.35. The van der Waals surface area contributed by atoms with Crippen molar-refractivity contribution in [1.82, 2.24) is 19.3 Å². The van der Waals surface area contributed by atoms with Gasteiger partial charge >= 0.3 is 0 Å². The van der Waals surface area contributed by atoms with E-state index in [0.717, 1.165) is 40.2 Å². The first-order valence-corrected chi connectivity index (χ1v) is 13.6. The summed E-state index contributed by atoms with van der Waals surface area (Å²) < 4.78 is 16.9. The molecule has 1 unspecified atom stereocenters. The van der Waals surface area contributed by atoms with Gasteiger partial charge in [0.2, 0.25) is 0 Å². The van der Waals surface area contributed by atoms with Crippen molar-refractivity contribution in [3.05, 3.63) is 95.7 Å². The van der Waals surface area contributed by atoms with Crippen LogP contribution in [0.2, 0.25) is 0 Å². The predicted molar refractivity (Wildman–Crippen MR) is 158 cm³/mol. The van der Waals surface area contributed by atoms with Crippen LogP contribution in [0.4, 0.5) is 4.39 Å². The van der Waals surface area contributed by atoms with Gasteiger partial charge in [-0.3, -0.25) is 9.80 Å². The highest BCUT2D eigenvalue weighted by molar-refractivity contribution is 5.95. The molecular weight excluding hydrogens is 503 g/mol. The van der Waals surface area contributed by atoms with E-state index in [4.69, 9.17) is 10.7 Å². The van der Waals surface area contributed by atoms with Crippen molar-refractivity contribution in [1.29, 1.82) is 0 Å². The third-order valence-electron chi connectivity index (χ3n) is 7.67. The van der Waals surface area contributed by atoms with Gasteiger partial charge in [0.15, 0.2) is 0 Å². The van der Waals surface area contributed by atoms with Crippen LogP contribution < -0.4 is 5.73 Å². The highest BCUT2D eigenvalue weighted by Gasteiger charge is 2.26. The fraction of sp³-hybridized carbons (Fsp3) is 0.281. The molecule has 0 radical (unpaired) electrons. The topological polar surface area (TPSA) is 79.2 Å². The third kappa shape index (κ3) is 5.09. The first kappa shape index (κ1) is 27.1. The summed E-state index contributed by atoms with van der Waals surface area (Å²) in [6.45, 7) is 13.5. The van der Waals surface area contributed by atoms with Crippen LogP contribution in [0.15, 0.2) is 78.2 Å². The summed E-state index contributed by atoms with van der Waals surface area (Å²) in [7, 11) is 0. The van der Waals surface area contributed by atoms with Crippen LogP contribution >= 0.6 is 0 Å². The van der Waals surface area contributed by atoms with Crippen LogP contribution in [0.5, 0.6) is 0 Å². The molecule has 2 aromatic heterocycles. The number of carbonyl (C=O) groups is 1. The zero-order chi connectivity index (χ0) is 28.6. The molecule has 4 aromatic rings. The number of halogens is 1. The molecule has 2 N–H and O–H groups in total. The van der Waals surface area contributed by atoms with Crippen molar-refractivity contribution in [3.8, 4) is 22.4 Å². The number of imidazole rings is 1. The Labute approximate surface area is 234 Å². The molecule has 0 spiro atoms. The van der Waals surface area contributed by atoms with Gasteiger partial charge in [-0.1, -0.05) is 56.8 Å². The molecule has 2 aromatic carbocycles. The van der Waals surface area contributed by atoms with E-state index in [2.05, 4.69) is 18.6 Å². The maximum absolute atomic E-state index is 14.9. The number of amidine groups is 1.